The van der Waals surface area contributed by atoms with E-state index in [1.807, 2.05) is 6.92 Å². The minimum Gasteiger partial charge on any atom is -0.398 e. The number of ketones is 1. The fraction of sp³-hybridized carbons (Fsp3) is 0.0667. The van der Waals surface area contributed by atoms with Crippen LogP contribution in [0.1, 0.15) is 21.5 Å². The van der Waals surface area contributed by atoms with Gasteiger partial charge in [0.25, 0.3) is 0 Å². The SMILES string of the molecule is Cc1c(N)cccc1C(=O)c1ccc2[nH]c(=O)[nH]c2c1. The molecule has 0 fully saturated rings. The van der Waals surface area contributed by atoms with Gasteiger partial charge in [-0.1, -0.05) is 12.1 Å². The summed E-state index contributed by atoms with van der Waals surface area (Å²) in [5, 5.41) is 0. The average Bonchev–Trinajstić information content (AvgIpc) is 2.80. The van der Waals surface area contributed by atoms with Crippen LogP contribution in [0.15, 0.2) is 41.2 Å². The maximum Gasteiger partial charge on any atom is 0.323 e. The van der Waals surface area contributed by atoms with Gasteiger partial charge in [-0.3, -0.25) is 4.79 Å². The van der Waals surface area contributed by atoms with Crippen LogP contribution in [0.2, 0.25) is 0 Å². The molecule has 20 heavy (non-hydrogen) atoms. The second-order valence-electron chi connectivity index (χ2n) is 4.69. The highest BCUT2D eigenvalue weighted by molar-refractivity contribution is 6.11. The van der Waals surface area contributed by atoms with Gasteiger partial charge in [-0.2, -0.15) is 0 Å². The zero-order valence-corrected chi connectivity index (χ0v) is 10.9. The molecular formula is C15H13N3O2. The minimum absolute atomic E-state index is 0.112. The summed E-state index contributed by atoms with van der Waals surface area (Å²) in [7, 11) is 0. The topological polar surface area (TPSA) is 91.7 Å². The van der Waals surface area contributed by atoms with Crippen molar-refractivity contribution in [3.05, 3.63) is 63.6 Å². The van der Waals surface area contributed by atoms with Crippen LogP contribution in [0.4, 0.5) is 5.69 Å². The molecule has 0 atom stereocenters. The number of hydrogen-bond acceptors (Lipinski definition) is 3. The Hall–Kier alpha value is -2.82. The summed E-state index contributed by atoms with van der Waals surface area (Å²) < 4.78 is 0. The monoisotopic (exact) mass is 267 g/mol. The van der Waals surface area contributed by atoms with E-state index in [9.17, 15) is 9.59 Å². The number of aromatic amines is 2. The Labute approximate surface area is 114 Å². The van der Waals surface area contributed by atoms with E-state index in [-0.39, 0.29) is 11.5 Å². The van der Waals surface area contributed by atoms with Gasteiger partial charge >= 0.3 is 5.69 Å². The van der Waals surface area contributed by atoms with Crippen molar-refractivity contribution in [3.8, 4) is 0 Å². The smallest absolute Gasteiger partial charge is 0.323 e. The minimum atomic E-state index is -0.287. The predicted molar refractivity (Wildman–Crippen MR) is 77.9 cm³/mol. The largest absolute Gasteiger partial charge is 0.398 e. The molecule has 0 saturated carbocycles. The normalized spacial score (nSPS) is 10.8. The second kappa shape index (κ2) is 4.38. The van der Waals surface area contributed by atoms with Crippen LogP contribution in [-0.2, 0) is 0 Å². The number of fused-ring (bicyclic) bond motifs is 1. The summed E-state index contributed by atoms with van der Waals surface area (Å²) in [6.45, 7) is 1.82. The van der Waals surface area contributed by atoms with E-state index in [0.717, 1.165) is 5.56 Å². The molecule has 0 unspecified atom stereocenters. The van der Waals surface area contributed by atoms with Crippen LogP contribution in [0.25, 0.3) is 11.0 Å². The highest BCUT2D eigenvalue weighted by Crippen LogP contribution is 2.20. The standard InChI is InChI=1S/C15H13N3O2/c1-8-10(3-2-4-11(8)16)14(19)9-5-6-12-13(7-9)18-15(20)17-12/h2-7H,16H2,1H3,(H2,17,18,20). The van der Waals surface area contributed by atoms with Crippen molar-refractivity contribution >= 4 is 22.5 Å². The lowest BCUT2D eigenvalue weighted by Gasteiger charge is -2.07. The van der Waals surface area contributed by atoms with Crippen molar-refractivity contribution in [2.45, 2.75) is 6.92 Å². The molecule has 0 aliphatic heterocycles. The van der Waals surface area contributed by atoms with Crippen LogP contribution < -0.4 is 11.4 Å². The van der Waals surface area contributed by atoms with Gasteiger partial charge in [0.1, 0.15) is 0 Å². The zero-order chi connectivity index (χ0) is 14.3. The molecule has 5 heteroatoms. The van der Waals surface area contributed by atoms with E-state index >= 15 is 0 Å². The van der Waals surface area contributed by atoms with Crippen molar-refractivity contribution in [1.82, 2.24) is 9.97 Å². The number of H-pyrrole nitrogens is 2. The number of benzene rings is 2. The quantitative estimate of drug-likeness (QED) is 0.489. The Morgan fingerprint density at radius 3 is 2.65 bits per heavy atom. The molecule has 100 valence electrons. The van der Waals surface area contributed by atoms with Crippen molar-refractivity contribution in [2.24, 2.45) is 0 Å². The van der Waals surface area contributed by atoms with E-state index in [0.29, 0.717) is 27.8 Å². The number of aromatic nitrogens is 2. The molecule has 0 bridgehead atoms. The Kier molecular flexibility index (Phi) is 2.68. The Bertz CT molecular complexity index is 874. The van der Waals surface area contributed by atoms with Gasteiger partial charge in [0, 0.05) is 16.8 Å². The first-order valence-corrected chi connectivity index (χ1v) is 6.18. The highest BCUT2D eigenvalue weighted by atomic mass is 16.1. The van der Waals surface area contributed by atoms with Crippen LogP contribution >= 0.6 is 0 Å². The zero-order valence-electron chi connectivity index (χ0n) is 10.9. The summed E-state index contributed by atoms with van der Waals surface area (Å²) >= 11 is 0. The Morgan fingerprint density at radius 2 is 1.85 bits per heavy atom. The third kappa shape index (κ3) is 1.89. The van der Waals surface area contributed by atoms with E-state index in [1.54, 1.807) is 36.4 Å². The molecule has 1 aromatic heterocycles. The lowest BCUT2D eigenvalue weighted by Crippen LogP contribution is -2.05. The number of nitrogen functional groups attached to an aromatic ring is 1. The first-order valence-electron chi connectivity index (χ1n) is 6.18. The van der Waals surface area contributed by atoms with E-state index in [4.69, 9.17) is 5.73 Å². The van der Waals surface area contributed by atoms with E-state index in [1.165, 1.54) is 0 Å². The summed E-state index contributed by atoms with van der Waals surface area (Å²) in [6, 6.07) is 10.3. The fourth-order valence-electron chi connectivity index (χ4n) is 2.23. The molecule has 0 spiro atoms. The van der Waals surface area contributed by atoms with E-state index < -0.39 is 0 Å². The molecule has 3 aromatic rings. The lowest BCUT2D eigenvalue weighted by molar-refractivity contribution is 0.103. The number of imidazole rings is 1. The molecule has 0 aliphatic rings. The first-order chi connectivity index (χ1) is 9.56. The van der Waals surface area contributed by atoms with E-state index in [2.05, 4.69) is 9.97 Å². The number of nitrogens with one attached hydrogen (secondary N) is 2. The van der Waals surface area contributed by atoms with Gasteiger partial charge in [0.2, 0.25) is 0 Å². The van der Waals surface area contributed by atoms with Crippen molar-refractivity contribution in [1.29, 1.82) is 0 Å². The van der Waals surface area contributed by atoms with Crippen LogP contribution in [0, 0.1) is 6.92 Å². The number of carbonyl (C=O) groups excluding carboxylic acids is 1. The van der Waals surface area contributed by atoms with Crippen LogP contribution in [0.5, 0.6) is 0 Å². The van der Waals surface area contributed by atoms with Crippen LogP contribution in [-0.4, -0.2) is 15.8 Å². The third-order valence-electron chi connectivity index (χ3n) is 3.40. The molecule has 0 amide bonds. The fourth-order valence-corrected chi connectivity index (χ4v) is 2.23. The molecule has 0 radical (unpaired) electrons. The lowest BCUT2D eigenvalue weighted by atomic mass is 9.98. The predicted octanol–water partition coefficient (Wildman–Crippen LogP) is 1.98. The Balaban J connectivity index is 2.12. The Morgan fingerprint density at radius 1 is 1.10 bits per heavy atom. The highest BCUT2D eigenvalue weighted by Gasteiger charge is 2.13. The van der Waals surface area contributed by atoms with Crippen molar-refractivity contribution in [3.63, 3.8) is 0 Å². The average molecular weight is 267 g/mol. The van der Waals surface area contributed by atoms with Gasteiger partial charge in [0.15, 0.2) is 5.78 Å². The molecule has 1 heterocycles. The maximum atomic E-state index is 12.5. The summed E-state index contributed by atoms with van der Waals surface area (Å²) in [4.78, 5) is 29.0. The van der Waals surface area contributed by atoms with Crippen molar-refractivity contribution in [2.75, 3.05) is 5.73 Å². The molecule has 0 saturated heterocycles. The molecular weight excluding hydrogens is 254 g/mol. The number of hydrogen-bond donors (Lipinski definition) is 3. The summed E-state index contributed by atoms with van der Waals surface area (Å²) in [5.41, 5.74) is 9.27. The molecule has 0 aliphatic carbocycles. The maximum absolute atomic E-state index is 12.5. The van der Waals surface area contributed by atoms with Gasteiger partial charge < -0.3 is 15.7 Å². The first kappa shape index (κ1) is 12.2. The number of nitrogens with two attached hydrogens (primary N) is 1. The van der Waals surface area contributed by atoms with Gasteiger partial charge in [-0.25, -0.2) is 4.79 Å². The van der Waals surface area contributed by atoms with Gasteiger partial charge in [0.05, 0.1) is 11.0 Å². The molecule has 4 N–H and O–H groups in total. The number of carbonyl (C=O) groups is 1. The number of rotatable bonds is 2. The summed E-state index contributed by atoms with van der Waals surface area (Å²) in [6.07, 6.45) is 0. The molecule has 2 aromatic carbocycles. The van der Waals surface area contributed by atoms with Gasteiger partial charge in [-0.15, -0.1) is 0 Å². The third-order valence-corrected chi connectivity index (χ3v) is 3.40. The molecule has 5 nitrogen and oxygen atoms in total. The van der Waals surface area contributed by atoms with Gasteiger partial charge in [-0.05, 0) is 36.8 Å². The number of anilines is 1. The van der Waals surface area contributed by atoms with Crippen molar-refractivity contribution < 1.29 is 4.79 Å². The molecule has 3 rings (SSSR count). The second-order valence-corrected chi connectivity index (χ2v) is 4.69. The summed E-state index contributed by atoms with van der Waals surface area (Å²) in [5.74, 6) is -0.112. The van der Waals surface area contributed by atoms with Crippen LogP contribution in [0.3, 0.4) is 0 Å².